The Bertz CT molecular complexity index is 38.0. The number of aliphatic hydroxyl groups excluding tert-OH is 1. The predicted molar refractivity (Wildman–Crippen MR) is 35.1 cm³/mol. The van der Waals surface area contributed by atoms with Gasteiger partial charge in [-0.3, -0.25) is 0 Å². The molecule has 1 N–H and O–H groups in total. The summed E-state index contributed by atoms with van der Waals surface area (Å²) in [6.45, 7) is 1.27. The van der Waals surface area contributed by atoms with Crippen molar-refractivity contribution < 1.29 is 36.2 Å². The van der Waals surface area contributed by atoms with Crippen molar-refractivity contribution in [2.45, 2.75) is 19.3 Å². The zero-order valence-corrected chi connectivity index (χ0v) is 10.1. The van der Waals surface area contributed by atoms with Crippen LogP contribution >= 0.6 is 0 Å². The molecule has 0 saturated heterocycles. The number of hydrogen-bond acceptors (Lipinski definition) is 1. The first-order valence-electron chi connectivity index (χ1n) is 3.08. The van der Waals surface area contributed by atoms with Crippen LogP contribution in [0.5, 0.6) is 0 Å². The molecule has 0 aromatic rings. The second-order valence-electron chi connectivity index (χ2n) is 1.82. The Hall–Kier alpha value is 0.972. The predicted octanol–water partition coefficient (Wildman–Crippen LogP) is 1.15. The van der Waals surface area contributed by atoms with E-state index in [1.165, 1.54) is 0 Å². The van der Waals surface area contributed by atoms with E-state index in [0.29, 0.717) is 6.61 Å². The maximum absolute atomic E-state index is 8.33. The molecule has 0 saturated carbocycles. The fraction of sp³-hybridized carbons (Fsp3) is 1.00. The van der Waals surface area contributed by atoms with Gasteiger partial charge in [0.2, 0.25) is 0 Å². The van der Waals surface area contributed by atoms with E-state index in [0.717, 1.165) is 25.8 Å². The Morgan fingerprint density at radius 3 is 2.33 bits per heavy atom. The Labute approximate surface area is 80.8 Å². The minimum absolute atomic E-state index is 0. The standard InChI is InChI=1S/C6H14NO.U/c1-7-5-3-2-4-6-8;/h8H,2-6H2,1H3;/q-1;. The van der Waals surface area contributed by atoms with Crippen LogP contribution in [0.4, 0.5) is 0 Å². The summed E-state index contributed by atoms with van der Waals surface area (Å²) in [5.41, 5.74) is 0. The van der Waals surface area contributed by atoms with Gasteiger partial charge in [0.15, 0.2) is 0 Å². The van der Waals surface area contributed by atoms with Crippen molar-refractivity contribution in [1.29, 1.82) is 0 Å². The van der Waals surface area contributed by atoms with Crippen LogP contribution in [-0.2, 0) is 0 Å². The molecule has 0 aromatic carbocycles. The summed E-state index contributed by atoms with van der Waals surface area (Å²) in [5, 5.41) is 12.3. The number of nitrogens with zero attached hydrogens (tertiary/aromatic N) is 1. The topological polar surface area (TPSA) is 34.3 Å². The summed E-state index contributed by atoms with van der Waals surface area (Å²) in [6, 6.07) is 0. The Balaban J connectivity index is 0. The largest absolute Gasteiger partial charge is 0.665 e. The summed E-state index contributed by atoms with van der Waals surface area (Å²) in [7, 11) is 1.82. The molecule has 0 aromatic heterocycles. The second kappa shape index (κ2) is 11.7. The van der Waals surface area contributed by atoms with Gasteiger partial charge in [0.1, 0.15) is 0 Å². The van der Waals surface area contributed by atoms with Crippen LogP contribution < -0.4 is 0 Å². The molecule has 3 heteroatoms. The van der Waals surface area contributed by atoms with Gasteiger partial charge >= 0.3 is 0 Å². The number of aliphatic hydroxyl groups is 1. The minimum atomic E-state index is 0. The molecule has 0 unspecified atom stereocenters. The summed E-state index contributed by atoms with van der Waals surface area (Å²) >= 11 is 0. The van der Waals surface area contributed by atoms with Crippen molar-refractivity contribution in [3.63, 3.8) is 0 Å². The maximum Gasteiger partial charge on any atom is 0.0431 e. The van der Waals surface area contributed by atoms with Crippen molar-refractivity contribution in [1.82, 2.24) is 0 Å². The van der Waals surface area contributed by atoms with Gasteiger partial charge in [-0.1, -0.05) is 12.8 Å². The van der Waals surface area contributed by atoms with Crippen LogP contribution in [0.25, 0.3) is 5.32 Å². The van der Waals surface area contributed by atoms with E-state index in [-0.39, 0.29) is 31.1 Å². The molecule has 0 fully saturated rings. The van der Waals surface area contributed by atoms with Gasteiger partial charge in [-0.2, -0.15) is 7.05 Å². The molecule has 0 aliphatic rings. The molecule has 0 heterocycles. The van der Waals surface area contributed by atoms with Gasteiger partial charge in [-0.15, -0.1) is 6.54 Å². The molecular weight excluding hydrogens is 340 g/mol. The van der Waals surface area contributed by atoms with E-state index < -0.39 is 0 Å². The zero-order valence-electron chi connectivity index (χ0n) is 5.93. The first kappa shape index (κ1) is 12.6. The summed E-state index contributed by atoms with van der Waals surface area (Å²) < 4.78 is 0. The monoisotopic (exact) mass is 354 g/mol. The molecule has 0 spiro atoms. The Morgan fingerprint density at radius 2 is 1.89 bits per heavy atom. The smallest absolute Gasteiger partial charge is 0.0431 e. The van der Waals surface area contributed by atoms with E-state index >= 15 is 0 Å². The fourth-order valence-electron chi connectivity index (χ4n) is 0.558. The van der Waals surface area contributed by atoms with Crippen molar-refractivity contribution in [3.8, 4) is 0 Å². The fourth-order valence-corrected chi connectivity index (χ4v) is 0.558. The molecule has 0 radical (unpaired) electrons. The Morgan fingerprint density at radius 1 is 1.22 bits per heavy atom. The third-order valence-corrected chi connectivity index (χ3v) is 1.04. The molecule has 0 aliphatic heterocycles. The maximum atomic E-state index is 8.33. The van der Waals surface area contributed by atoms with Gasteiger partial charge in [0.05, 0.1) is 0 Å². The number of rotatable bonds is 5. The minimum Gasteiger partial charge on any atom is -0.665 e. The molecule has 2 nitrogen and oxygen atoms in total. The van der Waals surface area contributed by atoms with Crippen LogP contribution in [0.2, 0.25) is 0 Å². The van der Waals surface area contributed by atoms with Crippen LogP contribution in [-0.4, -0.2) is 25.3 Å². The number of hydrogen-bond donors (Lipinski definition) is 1. The van der Waals surface area contributed by atoms with Crippen LogP contribution in [0.1, 0.15) is 19.3 Å². The molecule has 0 amide bonds. The molecule has 0 bridgehead atoms. The SMILES string of the molecule is C[N-]CCCCCO.[U]. The van der Waals surface area contributed by atoms with Gasteiger partial charge < -0.3 is 10.4 Å². The van der Waals surface area contributed by atoms with Crippen molar-refractivity contribution >= 4 is 0 Å². The molecule has 9 heavy (non-hydrogen) atoms. The summed E-state index contributed by atoms with van der Waals surface area (Å²) in [5.74, 6) is 0. The summed E-state index contributed by atoms with van der Waals surface area (Å²) in [6.07, 6.45) is 3.15. The molecule has 0 atom stereocenters. The van der Waals surface area contributed by atoms with E-state index in [9.17, 15) is 0 Å². The third kappa shape index (κ3) is 12.2. The van der Waals surface area contributed by atoms with Crippen molar-refractivity contribution in [2.75, 3.05) is 20.2 Å². The molecule has 0 aliphatic carbocycles. The molecule has 54 valence electrons. The average Bonchev–Trinajstić information content (AvgIpc) is 1.81. The van der Waals surface area contributed by atoms with Gasteiger partial charge in [-0.05, 0) is 6.42 Å². The summed E-state index contributed by atoms with van der Waals surface area (Å²) in [4.78, 5) is 0. The molecule has 0 rings (SSSR count). The van der Waals surface area contributed by atoms with E-state index in [1.807, 2.05) is 7.05 Å². The van der Waals surface area contributed by atoms with E-state index in [4.69, 9.17) is 5.11 Å². The second-order valence-corrected chi connectivity index (χ2v) is 1.82. The number of unbranched alkanes of at least 4 members (excludes halogenated alkanes) is 2. The van der Waals surface area contributed by atoms with Gasteiger partial charge in [-0.25, -0.2) is 0 Å². The zero-order chi connectivity index (χ0) is 6.24. The Kier molecular flexibility index (Phi) is 16.5. The van der Waals surface area contributed by atoms with Crippen LogP contribution in [0, 0.1) is 31.1 Å². The quantitative estimate of drug-likeness (QED) is 0.739. The van der Waals surface area contributed by atoms with Crippen LogP contribution in [0.3, 0.4) is 0 Å². The normalized spacial score (nSPS) is 8.67. The average molecular weight is 354 g/mol. The first-order chi connectivity index (χ1) is 3.91. The van der Waals surface area contributed by atoms with Crippen molar-refractivity contribution in [3.05, 3.63) is 5.32 Å². The van der Waals surface area contributed by atoms with Gasteiger partial charge in [0.25, 0.3) is 0 Å². The van der Waals surface area contributed by atoms with Gasteiger partial charge in [0, 0.05) is 37.7 Å². The van der Waals surface area contributed by atoms with Crippen LogP contribution in [0.15, 0.2) is 0 Å². The van der Waals surface area contributed by atoms with E-state index in [2.05, 4.69) is 5.32 Å². The van der Waals surface area contributed by atoms with Crippen molar-refractivity contribution in [2.24, 2.45) is 0 Å². The van der Waals surface area contributed by atoms with E-state index in [1.54, 1.807) is 0 Å². The molecular formula is C6H14NOU-. The first-order valence-corrected chi connectivity index (χ1v) is 3.08. The third-order valence-electron chi connectivity index (χ3n) is 1.04.